The minimum Gasteiger partial charge on any atom is -0.328 e. The van der Waals surface area contributed by atoms with Crippen molar-refractivity contribution in [2.75, 3.05) is 13.1 Å². The fourth-order valence-electron chi connectivity index (χ4n) is 1.66. The van der Waals surface area contributed by atoms with Crippen molar-refractivity contribution in [3.63, 3.8) is 0 Å². The van der Waals surface area contributed by atoms with Crippen molar-refractivity contribution < 1.29 is 0 Å². The van der Waals surface area contributed by atoms with Crippen molar-refractivity contribution >= 4 is 0 Å². The van der Waals surface area contributed by atoms with Crippen LogP contribution in [0.5, 0.6) is 0 Å². The van der Waals surface area contributed by atoms with Crippen molar-refractivity contribution in [3.05, 3.63) is 0 Å². The van der Waals surface area contributed by atoms with Crippen LogP contribution in [-0.2, 0) is 0 Å². The summed E-state index contributed by atoms with van der Waals surface area (Å²) in [5, 5.41) is 8.82. The maximum absolute atomic E-state index is 8.82. The number of nitrogens with two attached hydrogens (primary N) is 1. The van der Waals surface area contributed by atoms with E-state index in [1.807, 2.05) is 0 Å². The topological polar surface area (TPSA) is 53.0 Å². The minimum absolute atomic E-state index is 0.109. The van der Waals surface area contributed by atoms with Crippen LogP contribution in [0.3, 0.4) is 0 Å². The Morgan fingerprint density at radius 2 is 2.17 bits per heavy atom. The van der Waals surface area contributed by atoms with Crippen LogP contribution in [0.2, 0.25) is 0 Å². The smallest absolute Gasteiger partial charge is 0.0975 e. The molecule has 0 aromatic rings. The van der Waals surface area contributed by atoms with E-state index in [4.69, 9.17) is 11.0 Å². The van der Waals surface area contributed by atoms with E-state index in [9.17, 15) is 0 Å². The molecule has 2 N–H and O–H groups in total. The first-order chi connectivity index (χ1) is 5.77. The molecule has 1 atom stereocenters. The second-order valence-corrected chi connectivity index (χ2v) is 3.43. The standard InChI is InChI=1S/C9H17N3/c1-2-9(7-10)12-5-3-8(11)4-6-12/h8-9H,2-6,11H2,1H3. The lowest BCUT2D eigenvalue weighted by Crippen LogP contribution is -2.44. The number of hydrogen-bond acceptors (Lipinski definition) is 3. The van der Waals surface area contributed by atoms with Gasteiger partial charge in [0.15, 0.2) is 0 Å². The molecule has 0 aromatic heterocycles. The van der Waals surface area contributed by atoms with E-state index in [0.29, 0.717) is 6.04 Å². The first kappa shape index (κ1) is 9.50. The second-order valence-electron chi connectivity index (χ2n) is 3.43. The third kappa shape index (κ3) is 2.20. The molecule has 0 amide bonds. The quantitative estimate of drug-likeness (QED) is 0.659. The Kier molecular flexibility index (Phi) is 3.51. The highest BCUT2D eigenvalue weighted by Crippen LogP contribution is 2.12. The summed E-state index contributed by atoms with van der Waals surface area (Å²) in [4.78, 5) is 2.24. The molecule has 0 radical (unpaired) electrons. The van der Waals surface area contributed by atoms with Gasteiger partial charge < -0.3 is 5.73 Å². The van der Waals surface area contributed by atoms with Crippen LogP contribution < -0.4 is 5.73 Å². The van der Waals surface area contributed by atoms with Crippen molar-refractivity contribution in [3.8, 4) is 6.07 Å². The first-order valence-electron chi connectivity index (χ1n) is 4.67. The molecule has 1 aliphatic heterocycles. The van der Waals surface area contributed by atoms with Gasteiger partial charge in [-0.25, -0.2) is 0 Å². The number of piperidine rings is 1. The maximum atomic E-state index is 8.82. The SMILES string of the molecule is CCC(C#N)N1CCC(N)CC1. The van der Waals surface area contributed by atoms with Gasteiger partial charge >= 0.3 is 0 Å². The highest BCUT2D eigenvalue weighted by atomic mass is 15.2. The predicted octanol–water partition coefficient (Wildman–Crippen LogP) is 0.712. The van der Waals surface area contributed by atoms with Crippen LogP contribution in [0.1, 0.15) is 26.2 Å². The van der Waals surface area contributed by atoms with E-state index in [0.717, 1.165) is 32.4 Å². The van der Waals surface area contributed by atoms with E-state index in [1.54, 1.807) is 0 Å². The predicted molar refractivity (Wildman–Crippen MR) is 48.5 cm³/mol. The summed E-state index contributed by atoms with van der Waals surface area (Å²) in [6.45, 7) is 4.04. The molecule has 0 aromatic carbocycles. The molecule has 0 saturated carbocycles. The monoisotopic (exact) mass is 167 g/mol. The van der Waals surface area contributed by atoms with Crippen LogP contribution in [-0.4, -0.2) is 30.1 Å². The molecule has 0 spiro atoms. The van der Waals surface area contributed by atoms with Gasteiger partial charge in [-0.3, -0.25) is 4.90 Å². The molecule has 1 rings (SSSR count). The number of rotatable bonds is 2. The van der Waals surface area contributed by atoms with Crippen molar-refractivity contribution in [2.45, 2.75) is 38.3 Å². The Hall–Kier alpha value is -0.590. The summed E-state index contributed by atoms with van der Waals surface area (Å²) >= 11 is 0. The fourth-order valence-corrected chi connectivity index (χ4v) is 1.66. The van der Waals surface area contributed by atoms with Crippen molar-refractivity contribution in [1.82, 2.24) is 4.90 Å². The van der Waals surface area contributed by atoms with Gasteiger partial charge in [-0.1, -0.05) is 6.92 Å². The van der Waals surface area contributed by atoms with E-state index in [-0.39, 0.29) is 6.04 Å². The Morgan fingerprint density at radius 1 is 1.58 bits per heavy atom. The van der Waals surface area contributed by atoms with Crippen LogP contribution in [0.15, 0.2) is 0 Å². The molecule has 12 heavy (non-hydrogen) atoms. The van der Waals surface area contributed by atoms with E-state index >= 15 is 0 Å². The average Bonchev–Trinajstić information content (AvgIpc) is 2.10. The Morgan fingerprint density at radius 3 is 2.58 bits per heavy atom. The Bertz CT molecular complexity index is 165. The van der Waals surface area contributed by atoms with Crippen LogP contribution in [0.4, 0.5) is 0 Å². The molecule has 1 aliphatic rings. The summed E-state index contributed by atoms with van der Waals surface area (Å²) in [5.41, 5.74) is 5.77. The third-order valence-electron chi connectivity index (χ3n) is 2.55. The first-order valence-corrected chi connectivity index (χ1v) is 4.67. The summed E-state index contributed by atoms with van der Waals surface area (Å²) < 4.78 is 0. The van der Waals surface area contributed by atoms with Gasteiger partial charge in [0.1, 0.15) is 0 Å². The molecule has 1 heterocycles. The average molecular weight is 167 g/mol. The Balaban J connectivity index is 2.39. The van der Waals surface area contributed by atoms with Gasteiger partial charge in [-0.05, 0) is 19.3 Å². The zero-order chi connectivity index (χ0) is 8.97. The summed E-state index contributed by atoms with van der Waals surface area (Å²) in [6, 6.07) is 2.79. The lowest BCUT2D eigenvalue weighted by atomic mass is 10.0. The van der Waals surface area contributed by atoms with Gasteiger partial charge in [0, 0.05) is 19.1 Å². The van der Waals surface area contributed by atoms with Gasteiger partial charge in [0.2, 0.25) is 0 Å². The highest BCUT2D eigenvalue weighted by molar-refractivity contribution is 4.92. The molecule has 68 valence electrons. The summed E-state index contributed by atoms with van der Waals surface area (Å²) in [7, 11) is 0. The summed E-state index contributed by atoms with van der Waals surface area (Å²) in [5.74, 6) is 0. The van der Waals surface area contributed by atoms with Gasteiger partial charge in [-0.2, -0.15) is 5.26 Å². The van der Waals surface area contributed by atoms with E-state index in [2.05, 4.69) is 17.9 Å². The van der Waals surface area contributed by atoms with Crippen molar-refractivity contribution in [1.29, 1.82) is 5.26 Å². The van der Waals surface area contributed by atoms with Gasteiger partial charge in [0.25, 0.3) is 0 Å². The highest BCUT2D eigenvalue weighted by Gasteiger charge is 2.21. The normalized spacial score (nSPS) is 23.4. The van der Waals surface area contributed by atoms with Crippen molar-refractivity contribution in [2.24, 2.45) is 5.73 Å². The fraction of sp³-hybridized carbons (Fsp3) is 0.889. The molecule has 0 bridgehead atoms. The zero-order valence-corrected chi connectivity index (χ0v) is 7.66. The van der Waals surface area contributed by atoms with Gasteiger partial charge in [-0.15, -0.1) is 0 Å². The number of likely N-dealkylation sites (tertiary alicyclic amines) is 1. The van der Waals surface area contributed by atoms with E-state index < -0.39 is 0 Å². The molecule has 3 nitrogen and oxygen atoms in total. The molecule has 0 aliphatic carbocycles. The number of nitriles is 1. The van der Waals surface area contributed by atoms with Crippen LogP contribution in [0, 0.1) is 11.3 Å². The second kappa shape index (κ2) is 4.44. The molecule has 1 saturated heterocycles. The lowest BCUT2D eigenvalue weighted by Gasteiger charge is -2.32. The van der Waals surface area contributed by atoms with E-state index in [1.165, 1.54) is 0 Å². The number of nitrogens with zero attached hydrogens (tertiary/aromatic N) is 2. The van der Waals surface area contributed by atoms with Crippen LogP contribution in [0.25, 0.3) is 0 Å². The number of hydrogen-bond donors (Lipinski definition) is 1. The van der Waals surface area contributed by atoms with Gasteiger partial charge in [0.05, 0.1) is 12.1 Å². The molecular weight excluding hydrogens is 150 g/mol. The lowest BCUT2D eigenvalue weighted by molar-refractivity contribution is 0.179. The molecule has 1 fully saturated rings. The Labute approximate surface area is 74.1 Å². The molecule has 1 unspecified atom stereocenters. The largest absolute Gasteiger partial charge is 0.328 e. The minimum atomic E-state index is 0.109. The molecular formula is C9H17N3. The summed E-state index contributed by atoms with van der Waals surface area (Å²) in [6.07, 6.45) is 3.00. The molecule has 3 heteroatoms. The third-order valence-corrected chi connectivity index (χ3v) is 2.55. The van der Waals surface area contributed by atoms with Crippen LogP contribution >= 0.6 is 0 Å². The maximum Gasteiger partial charge on any atom is 0.0975 e. The zero-order valence-electron chi connectivity index (χ0n) is 7.66.